The van der Waals surface area contributed by atoms with Crippen LogP contribution in [0, 0.1) is 0 Å². The first-order valence-corrected chi connectivity index (χ1v) is 7.50. The third-order valence-corrected chi connectivity index (χ3v) is 2.76. The van der Waals surface area contributed by atoms with E-state index in [1.165, 1.54) is 0 Å². The fourth-order valence-electron chi connectivity index (χ4n) is 1.70. The standard InChI is InChI=1S/C16H22N2O5/c1-3-9-17-14(19)11-23-15(20)10-18-16(21)12-7-5-6-8-13(12)22-4-2/h5-8H,3-4,9-11H2,1-2H3,(H,17,19)(H,18,21). The number of rotatable bonds is 9. The molecule has 0 bridgehead atoms. The zero-order valence-electron chi connectivity index (χ0n) is 13.4. The van der Waals surface area contributed by atoms with Crippen LogP contribution in [0.5, 0.6) is 5.75 Å². The monoisotopic (exact) mass is 322 g/mol. The van der Waals surface area contributed by atoms with Gasteiger partial charge in [0.1, 0.15) is 12.3 Å². The van der Waals surface area contributed by atoms with Crippen LogP contribution in [0.1, 0.15) is 30.6 Å². The first-order chi connectivity index (χ1) is 11.1. The lowest BCUT2D eigenvalue weighted by molar-refractivity contribution is -0.147. The number of nitrogens with one attached hydrogen (secondary N) is 2. The smallest absolute Gasteiger partial charge is 0.325 e. The highest BCUT2D eigenvalue weighted by Gasteiger charge is 2.14. The summed E-state index contributed by atoms with van der Waals surface area (Å²) in [6.45, 7) is 4.02. The van der Waals surface area contributed by atoms with Crippen LogP contribution in [0.4, 0.5) is 0 Å². The van der Waals surface area contributed by atoms with Gasteiger partial charge in [-0.25, -0.2) is 0 Å². The Kier molecular flexibility index (Phi) is 8.20. The Morgan fingerprint density at radius 1 is 1.09 bits per heavy atom. The minimum atomic E-state index is -0.682. The van der Waals surface area contributed by atoms with Crippen LogP contribution >= 0.6 is 0 Å². The van der Waals surface area contributed by atoms with E-state index in [4.69, 9.17) is 9.47 Å². The molecule has 2 N–H and O–H groups in total. The molecular weight excluding hydrogens is 300 g/mol. The molecule has 0 heterocycles. The van der Waals surface area contributed by atoms with Crippen molar-refractivity contribution in [3.8, 4) is 5.75 Å². The third kappa shape index (κ3) is 6.82. The van der Waals surface area contributed by atoms with Crippen LogP contribution in [-0.2, 0) is 14.3 Å². The molecule has 1 aromatic rings. The zero-order valence-corrected chi connectivity index (χ0v) is 13.4. The number of para-hydroxylation sites is 1. The van der Waals surface area contributed by atoms with Crippen molar-refractivity contribution in [2.45, 2.75) is 20.3 Å². The highest BCUT2D eigenvalue weighted by molar-refractivity contribution is 5.98. The van der Waals surface area contributed by atoms with Gasteiger partial charge in [0.05, 0.1) is 12.2 Å². The van der Waals surface area contributed by atoms with Crippen LogP contribution in [0.2, 0.25) is 0 Å². The molecule has 0 unspecified atom stereocenters. The molecule has 0 aliphatic carbocycles. The van der Waals surface area contributed by atoms with Crippen molar-refractivity contribution in [2.75, 3.05) is 26.3 Å². The van der Waals surface area contributed by atoms with Gasteiger partial charge in [-0.15, -0.1) is 0 Å². The Morgan fingerprint density at radius 3 is 2.52 bits per heavy atom. The Labute approximate surface area is 135 Å². The SMILES string of the molecule is CCCNC(=O)COC(=O)CNC(=O)c1ccccc1OCC. The lowest BCUT2D eigenvalue weighted by Gasteiger charge is -2.10. The van der Waals surface area contributed by atoms with Crippen LogP contribution in [0.25, 0.3) is 0 Å². The second-order valence-corrected chi connectivity index (χ2v) is 4.62. The molecule has 126 valence electrons. The summed E-state index contributed by atoms with van der Waals surface area (Å²) in [5.41, 5.74) is 0.336. The molecule has 23 heavy (non-hydrogen) atoms. The average molecular weight is 322 g/mol. The number of amides is 2. The van der Waals surface area contributed by atoms with E-state index in [-0.39, 0.29) is 19.1 Å². The molecule has 1 rings (SSSR count). The minimum Gasteiger partial charge on any atom is -0.493 e. The summed E-state index contributed by atoms with van der Waals surface area (Å²) < 4.78 is 10.1. The van der Waals surface area contributed by atoms with Gasteiger partial charge in [-0.05, 0) is 25.5 Å². The quantitative estimate of drug-likeness (QED) is 0.658. The van der Waals surface area contributed by atoms with Crippen molar-refractivity contribution in [3.05, 3.63) is 29.8 Å². The van der Waals surface area contributed by atoms with Gasteiger partial charge in [0.2, 0.25) is 0 Å². The molecule has 0 saturated heterocycles. The first kappa shape index (κ1) is 18.5. The molecule has 7 nitrogen and oxygen atoms in total. The van der Waals surface area contributed by atoms with E-state index < -0.39 is 11.9 Å². The first-order valence-electron chi connectivity index (χ1n) is 7.50. The number of hydrogen-bond donors (Lipinski definition) is 2. The fraction of sp³-hybridized carbons (Fsp3) is 0.438. The van der Waals surface area contributed by atoms with Gasteiger partial charge in [0, 0.05) is 6.54 Å². The maximum atomic E-state index is 12.0. The highest BCUT2D eigenvalue weighted by Crippen LogP contribution is 2.17. The summed E-state index contributed by atoms with van der Waals surface area (Å²) in [7, 11) is 0. The van der Waals surface area contributed by atoms with E-state index in [0.717, 1.165) is 6.42 Å². The Morgan fingerprint density at radius 2 is 1.83 bits per heavy atom. The number of carbonyl (C=O) groups is 3. The van der Waals surface area contributed by atoms with Crippen molar-refractivity contribution < 1.29 is 23.9 Å². The summed E-state index contributed by atoms with van der Waals surface area (Å²) >= 11 is 0. The molecule has 0 fully saturated rings. The highest BCUT2D eigenvalue weighted by atomic mass is 16.5. The molecule has 0 radical (unpaired) electrons. The minimum absolute atomic E-state index is 0.319. The van der Waals surface area contributed by atoms with Gasteiger partial charge in [0.15, 0.2) is 6.61 Å². The fourth-order valence-corrected chi connectivity index (χ4v) is 1.70. The van der Waals surface area contributed by atoms with Crippen molar-refractivity contribution in [1.29, 1.82) is 0 Å². The second kappa shape index (κ2) is 10.2. The van der Waals surface area contributed by atoms with Crippen molar-refractivity contribution in [3.63, 3.8) is 0 Å². The molecule has 2 amide bonds. The largest absolute Gasteiger partial charge is 0.493 e. The van der Waals surface area contributed by atoms with Gasteiger partial charge < -0.3 is 20.1 Å². The molecule has 0 atom stereocenters. The summed E-state index contributed by atoms with van der Waals surface area (Å²) in [4.78, 5) is 34.9. The summed E-state index contributed by atoms with van der Waals surface area (Å²) in [6.07, 6.45) is 0.801. The molecular formula is C16H22N2O5. The number of benzene rings is 1. The van der Waals surface area contributed by atoms with Crippen LogP contribution in [-0.4, -0.2) is 44.1 Å². The van der Waals surface area contributed by atoms with Crippen LogP contribution < -0.4 is 15.4 Å². The maximum Gasteiger partial charge on any atom is 0.325 e. The lowest BCUT2D eigenvalue weighted by Crippen LogP contribution is -2.34. The van der Waals surface area contributed by atoms with E-state index >= 15 is 0 Å². The average Bonchev–Trinajstić information content (AvgIpc) is 2.56. The van der Waals surface area contributed by atoms with Crippen LogP contribution in [0.3, 0.4) is 0 Å². The number of ether oxygens (including phenoxy) is 2. The van der Waals surface area contributed by atoms with Crippen LogP contribution in [0.15, 0.2) is 24.3 Å². The Bertz CT molecular complexity index is 545. The van der Waals surface area contributed by atoms with E-state index in [0.29, 0.717) is 24.5 Å². The molecule has 0 saturated carbocycles. The predicted octanol–water partition coefficient (Wildman–Crippen LogP) is 0.885. The molecule has 7 heteroatoms. The van der Waals surface area contributed by atoms with Gasteiger partial charge in [0.25, 0.3) is 11.8 Å². The summed E-state index contributed by atoms with van der Waals surface area (Å²) in [5, 5.41) is 5.02. The van der Waals surface area contributed by atoms with E-state index in [1.807, 2.05) is 13.8 Å². The topological polar surface area (TPSA) is 93.7 Å². The van der Waals surface area contributed by atoms with Crippen molar-refractivity contribution >= 4 is 17.8 Å². The third-order valence-electron chi connectivity index (χ3n) is 2.76. The molecule has 0 spiro atoms. The maximum absolute atomic E-state index is 12.0. The van der Waals surface area contributed by atoms with Crippen molar-refractivity contribution in [1.82, 2.24) is 10.6 Å². The number of hydrogen-bond acceptors (Lipinski definition) is 5. The van der Waals surface area contributed by atoms with Gasteiger partial charge >= 0.3 is 5.97 Å². The predicted molar refractivity (Wildman–Crippen MR) is 84.2 cm³/mol. The number of carbonyl (C=O) groups excluding carboxylic acids is 3. The molecule has 1 aromatic carbocycles. The molecule has 0 aliphatic rings. The van der Waals surface area contributed by atoms with E-state index in [2.05, 4.69) is 10.6 Å². The Hall–Kier alpha value is -2.57. The Balaban J connectivity index is 2.41. The van der Waals surface area contributed by atoms with E-state index in [1.54, 1.807) is 24.3 Å². The lowest BCUT2D eigenvalue weighted by atomic mass is 10.2. The summed E-state index contributed by atoms with van der Waals surface area (Å²) in [5.74, 6) is -1.05. The van der Waals surface area contributed by atoms with E-state index in [9.17, 15) is 14.4 Å². The summed E-state index contributed by atoms with van der Waals surface area (Å²) in [6, 6.07) is 6.73. The second-order valence-electron chi connectivity index (χ2n) is 4.62. The zero-order chi connectivity index (χ0) is 17.1. The number of esters is 1. The van der Waals surface area contributed by atoms with Gasteiger partial charge in [-0.2, -0.15) is 0 Å². The van der Waals surface area contributed by atoms with Gasteiger partial charge in [-0.1, -0.05) is 19.1 Å². The normalized spacial score (nSPS) is 9.83. The van der Waals surface area contributed by atoms with Gasteiger partial charge in [-0.3, -0.25) is 14.4 Å². The van der Waals surface area contributed by atoms with Crippen molar-refractivity contribution in [2.24, 2.45) is 0 Å². The molecule has 0 aromatic heterocycles. The molecule has 0 aliphatic heterocycles.